The molecule has 0 spiro atoms. The van der Waals surface area contributed by atoms with Gasteiger partial charge in [0.25, 0.3) is 0 Å². The van der Waals surface area contributed by atoms with Crippen molar-refractivity contribution in [1.82, 2.24) is 0 Å². The Labute approximate surface area is 118 Å². The Morgan fingerprint density at radius 3 is 2.65 bits per heavy atom. The van der Waals surface area contributed by atoms with Crippen molar-refractivity contribution in [3.8, 4) is 17.2 Å². The summed E-state index contributed by atoms with van der Waals surface area (Å²) in [7, 11) is 0. The zero-order valence-corrected chi connectivity index (χ0v) is 11.1. The standard InChI is InChI=1S/C16H17NO3/c18-14-7-5-13(6-8-14)17-11-12-3-1-4-15-16(12)20-10-2-9-19-15/h1,3-8,17-18H,2,9-11H2. The van der Waals surface area contributed by atoms with Gasteiger partial charge in [-0.05, 0) is 30.3 Å². The van der Waals surface area contributed by atoms with Crippen LogP contribution in [0.5, 0.6) is 17.2 Å². The second kappa shape index (κ2) is 5.74. The lowest BCUT2D eigenvalue weighted by atomic mass is 10.1. The van der Waals surface area contributed by atoms with Gasteiger partial charge in [0.1, 0.15) is 5.75 Å². The quantitative estimate of drug-likeness (QED) is 0.842. The Morgan fingerprint density at radius 2 is 1.80 bits per heavy atom. The summed E-state index contributed by atoms with van der Waals surface area (Å²) in [4.78, 5) is 0. The van der Waals surface area contributed by atoms with Crippen molar-refractivity contribution in [3.05, 3.63) is 48.0 Å². The van der Waals surface area contributed by atoms with E-state index in [1.165, 1.54) is 0 Å². The summed E-state index contributed by atoms with van der Waals surface area (Å²) < 4.78 is 11.5. The maximum Gasteiger partial charge on any atom is 0.166 e. The first-order valence-electron chi connectivity index (χ1n) is 6.73. The lowest BCUT2D eigenvalue weighted by Gasteiger charge is -2.13. The molecule has 0 fully saturated rings. The van der Waals surface area contributed by atoms with Crippen LogP contribution in [0.1, 0.15) is 12.0 Å². The summed E-state index contributed by atoms with van der Waals surface area (Å²) in [5.74, 6) is 1.91. The Balaban J connectivity index is 1.75. The van der Waals surface area contributed by atoms with Crippen LogP contribution in [0.25, 0.3) is 0 Å². The predicted molar refractivity (Wildman–Crippen MR) is 77.5 cm³/mol. The lowest BCUT2D eigenvalue weighted by molar-refractivity contribution is 0.296. The van der Waals surface area contributed by atoms with Crippen molar-refractivity contribution >= 4 is 5.69 Å². The van der Waals surface area contributed by atoms with Gasteiger partial charge in [0.2, 0.25) is 0 Å². The van der Waals surface area contributed by atoms with Gasteiger partial charge in [-0.25, -0.2) is 0 Å². The fourth-order valence-electron chi connectivity index (χ4n) is 2.17. The largest absolute Gasteiger partial charge is 0.508 e. The molecule has 0 aromatic heterocycles. The molecule has 0 atom stereocenters. The summed E-state index contributed by atoms with van der Waals surface area (Å²) in [5, 5.41) is 12.6. The maximum absolute atomic E-state index is 9.27. The normalized spacial score (nSPS) is 13.6. The average molecular weight is 271 g/mol. The van der Waals surface area contributed by atoms with E-state index < -0.39 is 0 Å². The molecule has 104 valence electrons. The number of ether oxygens (including phenoxy) is 2. The Bertz CT molecular complexity index is 581. The number of hydrogen-bond donors (Lipinski definition) is 2. The molecule has 20 heavy (non-hydrogen) atoms. The number of para-hydroxylation sites is 1. The third-order valence-corrected chi connectivity index (χ3v) is 3.20. The van der Waals surface area contributed by atoms with Gasteiger partial charge >= 0.3 is 0 Å². The van der Waals surface area contributed by atoms with Crippen LogP contribution in [0.3, 0.4) is 0 Å². The van der Waals surface area contributed by atoms with E-state index in [0.29, 0.717) is 19.8 Å². The van der Waals surface area contributed by atoms with Crippen molar-refractivity contribution in [3.63, 3.8) is 0 Å². The number of phenolic OH excluding ortho intramolecular Hbond substituents is 1. The van der Waals surface area contributed by atoms with Crippen LogP contribution in [0.2, 0.25) is 0 Å². The molecule has 0 saturated heterocycles. The van der Waals surface area contributed by atoms with Crippen LogP contribution >= 0.6 is 0 Å². The van der Waals surface area contributed by atoms with Crippen molar-refractivity contribution in [2.75, 3.05) is 18.5 Å². The molecule has 3 rings (SSSR count). The molecule has 0 amide bonds. The van der Waals surface area contributed by atoms with Gasteiger partial charge in [0.05, 0.1) is 13.2 Å². The highest BCUT2D eigenvalue weighted by Crippen LogP contribution is 2.33. The highest BCUT2D eigenvalue weighted by molar-refractivity contribution is 5.51. The number of rotatable bonds is 3. The summed E-state index contributed by atoms with van der Waals surface area (Å²) in [5.41, 5.74) is 2.02. The van der Waals surface area contributed by atoms with Crippen LogP contribution in [0, 0.1) is 0 Å². The van der Waals surface area contributed by atoms with Gasteiger partial charge in [0, 0.05) is 24.2 Å². The first-order valence-corrected chi connectivity index (χ1v) is 6.73. The summed E-state index contributed by atoms with van der Waals surface area (Å²) in [6.07, 6.45) is 0.902. The zero-order valence-electron chi connectivity index (χ0n) is 11.1. The molecule has 0 saturated carbocycles. The number of aromatic hydroxyl groups is 1. The average Bonchev–Trinajstić information content (AvgIpc) is 2.72. The highest BCUT2D eigenvalue weighted by Gasteiger charge is 2.13. The van der Waals surface area contributed by atoms with Gasteiger partial charge in [0.15, 0.2) is 11.5 Å². The molecule has 0 aliphatic carbocycles. The first-order chi connectivity index (χ1) is 9.83. The van der Waals surface area contributed by atoms with E-state index >= 15 is 0 Å². The third-order valence-electron chi connectivity index (χ3n) is 3.20. The lowest BCUT2D eigenvalue weighted by Crippen LogP contribution is -2.03. The van der Waals surface area contributed by atoms with Crippen molar-refractivity contribution in [1.29, 1.82) is 0 Å². The molecule has 2 aromatic carbocycles. The highest BCUT2D eigenvalue weighted by atomic mass is 16.5. The van der Waals surface area contributed by atoms with Crippen molar-refractivity contribution in [2.24, 2.45) is 0 Å². The van der Waals surface area contributed by atoms with Crippen molar-refractivity contribution < 1.29 is 14.6 Å². The van der Waals surface area contributed by atoms with Crippen LogP contribution in [-0.4, -0.2) is 18.3 Å². The van der Waals surface area contributed by atoms with E-state index in [9.17, 15) is 5.11 Å². The second-order valence-corrected chi connectivity index (χ2v) is 4.70. The SMILES string of the molecule is Oc1ccc(NCc2cccc3c2OCCCO3)cc1. The molecule has 1 aliphatic heterocycles. The van der Waals surface area contributed by atoms with Crippen LogP contribution in [0.15, 0.2) is 42.5 Å². The predicted octanol–water partition coefficient (Wildman–Crippen LogP) is 3.17. The number of hydrogen-bond acceptors (Lipinski definition) is 4. The monoisotopic (exact) mass is 271 g/mol. The molecule has 1 heterocycles. The summed E-state index contributed by atoms with van der Waals surface area (Å²) >= 11 is 0. The van der Waals surface area contributed by atoms with Crippen LogP contribution < -0.4 is 14.8 Å². The van der Waals surface area contributed by atoms with E-state index in [1.54, 1.807) is 12.1 Å². The topological polar surface area (TPSA) is 50.7 Å². The van der Waals surface area contributed by atoms with Gasteiger partial charge < -0.3 is 19.9 Å². The van der Waals surface area contributed by atoms with Gasteiger partial charge in [-0.1, -0.05) is 12.1 Å². The van der Waals surface area contributed by atoms with E-state index in [2.05, 4.69) is 5.32 Å². The second-order valence-electron chi connectivity index (χ2n) is 4.70. The van der Waals surface area contributed by atoms with Gasteiger partial charge in [-0.3, -0.25) is 0 Å². The molecule has 0 unspecified atom stereocenters. The number of fused-ring (bicyclic) bond motifs is 1. The molecule has 2 aromatic rings. The Morgan fingerprint density at radius 1 is 1.00 bits per heavy atom. The summed E-state index contributed by atoms with van der Waals surface area (Å²) in [6, 6.07) is 12.9. The molecule has 1 aliphatic rings. The van der Waals surface area contributed by atoms with Gasteiger partial charge in [-0.15, -0.1) is 0 Å². The van der Waals surface area contributed by atoms with Gasteiger partial charge in [-0.2, -0.15) is 0 Å². The minimum atomic E-state index is 0.265. The van der Waals surface area contributed by atoms with E-state index in [-0.39, 0.29) is 5.75 Å². The number of benzene rings is 2. The van der Waals surface area contributed by atoms with E-state index in [1.807, 2.05) is 30.3 Å². The van der Waals surface area contributed by atoms with E-state index in [0.717, 1.165) is 29.2 Å². The number of anilines is 1. The fourth-order valence-corrected chi connectivity index (χ4v) is 2.17. The third kappa shape index (κ3) is 2.79. The van der Waals surface area contributed by atoms with Crippen LogP contribution in [0.4, 0.5) is 5.69 Å². The fraction of sp³-hybridized carbons (Fsp3) is 0.250. The smallest absolute Gasteiger partial charge is 0.166 e. The molecule has 0 radical (unpaired) electrons. The zero-order chi connectivity index (χ0) is 13.8. The number of nitrogens with one attached hydrogen (secondary N) is 1. The maximum atomic E-state index is 9.27. The Kier molecular flexibility index (Phi) is 3.63. The Hall–Kier alpha value is -2.36. The minimum absolute atomic E-state index is 0.265. The molecule has 0 bridgehead atoms. The molecule has 4 nitrogen and oxygen atoms in total. The molecular weight excluding hydrogens is 254 g/mol. The first kappa shape index (κ1) is 12.7. The summed E-state index contributed by atoms with van der Waals surface area (Å²) in [6.45, 7) is 2.03. The minimum Gasteiger partial charge on any atom is -0.508 e. The molecule has 4 heteroatoms. The van der Waals surface area contributed by atoms with Crippen LogP contribution in [-0.2, 0) is 6.54 Å². The molecular formula is C16H17NO3. The number of phenols is 1. The van der Waals surface area contributed by atoms with E-state index in [4.69, 9.17) is 9.47 Å². The van der Waals surface area contributed by atoms with Crippen molar-refractivity contribution in [2.45, 2.75) is 13.0 Å². The molecule has 2 N–H and O–H groups in total.